The molecule has 0 radical (unpaired) electrons. The van der Waals surface area contributed by atoms with E-state index in [1.807, 2.05) is 0 Å². The number of rotatable bonds is 2. The second-order valence-corrected chi connectivity index (χ2v) is 4.10. The molecule has 0 bridgehead atoms. The Morgan fingerprint density at radius 3 is 3.07 bits per heavy atom. The number of nitrogens with two attached hydrogens (primary N) is 1. The number of esters is 1. The number of hydrogen-bond acceptors (Lipinski definition) is 5. The van der Waals surface area contributed by atoms with Crippen LogP contribution in [0.4, 0.5) is 0 Å². The van der Waals surface area contributed by atoms with E-state index in [-0.39, 0.29) is 5.97 Å². The van der Waals surface area contributed by atoms with Gasteiger partial charge in [0, 0.05) is 6.54 Å². The summed E-state index contributed by atoms with van der Waals surface area (Å²) in [6, 6.07) is 5.28. The largest absolute Gasteiger partial charge is 0.465 e. The van der Waals surface area contributed by atoms with Crippen molar-refractivity contribution >= 4 is 27.5 Å². The number of carbonyl (C=O) groups is 1. The molecule has 0 saturated heterocycles. The number of benzene rings is 1. The normalized spacial score (nSPS) is 10.5. The molecule has 2 aromatic rings. The molecule has 2 N–H and O–H groups in total. The van der Waals surface area contributed by atoms with Crippen molar-refractivity contribution in [2.24, 2.45) is 5.73 Å². The quantitative estimate of drug-likeness (QED) is 0.783. The minimum atomic E-state index is -0.334. The minimum Gasteiger partial charge on any atom is -0.465 e. The molecule has 0 atom stereocenters. The van der Waals surface area contributed by atoms with Crippen LogP contribution in [-0.4, -0.2) is 18.1 Å². The molecule has 2 rings (SSSR count). The number of aromatic nitrogens is 1. The SMILES string of the molecule is COC(=O)c1ccc2nc(CN)sc2c1. The van der Waals surface area contributed by atoms with Crippen molar-refractivity contribution in [3.8, 4) is 0 Å². The molecule has 0 aliphatic carbocycles. The van der Waals surface area contributed by atoms with E-state index in [1.165, 1.54) is 18.4 Å². The van der Waals surface area contributed by atoms with Crippen molar-refractivity contribution in [2.45, 2.75) is 6.54 Å². The molecule has 1 heterocycles. The van der Waals surface area contributed by atoms with Gasteiger partial charge in [0.2, 0.25) is 0 Å². The maximum atomic E-state index is 11.3. The van der Waals surface area contributed by atoms with Gasteiger partial charge >= 0.3 is 5.97 Å². The van der Waals surface area contributed by atoms with Crippen LogP contribution in [0.3, 0.4) is 0 Å². The first kappa shape index (κ1) is 10.1. The first-order valence-corrected chi connectivity index (χ1v) is 5.24. The van der Waals surface area contributed by atoms with E-state index in [4.69, 9.17) is 5.73 Å². The number of thiazole rings is 1. The summed E-state index contributed by atoms with van der Waals surface area (Å²) in [5, 5.41) is 0.868. The number of fused-ring (bicyclic) bond motifs is 1. The lowest BCUT2D eigenvalue weighted by atomic mass is 10.2. The van der Waals surface area contributed by atoms with Gasteiger partial charge in [-0.3, -0.25) is 0 Å². The van der Waals surface area contributed by atoms with Crippen LogP contribution in [0.5, 0.6) is 0 Å². The number of hydrogen-bond donors (Lipinski definition) is 1. The number of carbonyl (C=O) groups excluding carboxylic acids is 1. The van der Waals surface area contributed by atoms with Gasteiger partial charge in [0.1, 0.15) is 5.01 Å². The summed E-state index contributed by atoms with van der Waals surface area (Å²) in [6.45, 7) is 0.424. The second kappa shape index (κ2) is 3.96. The van der Waals surface area contributed by atoms with E-state index in [0.29, 0.717) is 12.1 Å². The van der Waals surface area contributed by atoms with Crippen LogP contribution in [0.15, 0.2) is 18.2 Å². The second-order valence-electron chi connectivity index (χ2n) is 2.99. The molecule has 0 aliphatic heterocycles. The van der Waals surface area contributed by atoms with E-state index in [1.54, 1.807) is 18.2 Å². The summed E-state index contributed by atoms with van der Waals surface area (Å²) in [5.41, 5.74) is 6.90. The van der Waals surface area contributed by atoms with Crippen molar-refractivity contribution in [3.05, 3.63) is 28.8 Å². The molecule has 0 unspecified atom stereocenters. The lowest BCUT2D eigenvalue weighted by Gasteiger charge is -1.97. The van der Waals surface area contributed by atoms with Crippen LogP contribution < -0.4 is 5.73 Å². The van der Waals surface area contributed by atoms with Crippen molar-refractivity contribution in [3.63, 3.8) is 0 Å². The highest BCUT2D eigenvalue weighted by molar-refractivity contribution is 7.18. The molecule has 5 heteroatoms. The molecule has 78 valence electrons. The lowest BCUT2D eigenvalue weighted by Crippen LogP contribution is -1.99. The Morgan fingerprint density at radius 2 is 2.40 bits per heavy atom. The first-order valence-electron chi connectivity index (χ1n) is 4.42. The van der Waals surface area contributed by atoms with Crippen LogP contribution in [0.25, 0.3) is 10.2 Å². The van der Waals surface area contributed by atoms with Gasteiger partial charge in [-0.1, -0.05) is 0 Å². The predicted octanol–water partition coefficient (Wildman–Crippen LogP) is 1.54. The fourth-order valence-corrected chi connectivity index (χ4v) is 2.19. The minimum absolute atomic E-state index is 0.334. The molecule has 0 aliphatic rings. The van der Waals surface area contributed by atoms with Gasteiger partial charge < -0.3 is 10.5 Å². The van der Waals surface area contributed by atoms with Crippen LogP contribution >= 0.6 is 11.3 Å². The van der Waals surface area contributed by atoms with Crippen molar-refractivity contribution in [1.82, 2.24) is 4.98 Å². The Hall–Kier alpha value is -1.46. The molecule has 0 amide bonds. The van der Waals surface area contributed by atoms with Gasteiger partial charge in [-0.25, -0.2) is 9.78 Å². The molecule has 1 aromatic heterocycles. The van der Waals surface area contributed by atoms with Crippen LogP contribution in [0, 0.1) is 0 Å². The maximum absolute atomic E-state index is 11.3. The molecule has 0 fully saturated rings. The predicted molar refractivity (Wildman–Crippen MR) is 58.9 cm³/mol. The zero-order chi connectivity index (χ0) is 10.8. The van der Waals surface area contributed by atoms with Gasteiger partial charge in [-0.05, 0) is 18.2 Å². The molecule has 15 heavy (non-hydrogen) atoms. The summed E-state index contributed by atoms with van der Waals surface area (Å²) in [5.74, 6) is -0.334. The van der Waals surface area contributed by atoms with Crippen LogP contribution in [0.1, 0.15) is 15.4 Å². The Kier molecular flexibility index (Phi) is 2.66. The topological polar surface area (TPSA) is 65.2 Å². The summed E-state index contributed by atoms with van der Waals surface area (Å²) < 4.78 is 5.60. The Morgan fingerprint density at radius 1 is 1.60 bits per heavy atom. The average Bonchev–Trinajstić information content (AvgIpc) is 2.69. The van der Waals surface area contributed by atoms with Gasteiger partial charge in [0.05, 0.1) is 22.9 Å². The standard InChI is InChI=1S/C10H10N2O2S/c1-14-10(13)6-2-3-7-8(4-6)15-9(5-11)12-7/h2-4H,5,11H2,1H3. The van der Waals surface area contributed by atoms with Gasteiger partial charge in [-0.2, -0.15) is 0 Å². The Balaban J connectivity index is 2.50. The number of nitrogens with zero attached hydrogens (tertiary/aromatic N) is 1. The number of ether oxygens (including phenoxy) is 1. The number of methoxy groups -OCH3 is 1. The smallest absolute Gasteiger partial charge is 0.337 e. The van der Waals surface area contributed by atoms with Crippen LogP contribution in [0.2, 0.25) is 0 Å². The zero-order valence-corrected chi connectivity index (χ0v) is 9.00. The molecule has 1 aromatic carbocycles. The van der Waals surface area contributed by atoms with E-state index >= 15 is 0 Å². The van der Waals surface area contributed by atoms with Gasteiger partial charge in [0.15, 0.2) is 0 Å². The van der Waals surface area contributed by atoms with E-state index in [9.17, 15) is 4.79 Å². The van der Waals surface area contributed by atoms with Crippen molar-refractivity contribution < 1.29 is 9.53 Å². The van der Waals surface area contributed by atoms with Gasteiger partial charge in [-0.15, -0.1) is 11.3 Å². The van der Waals surface area contributed by atoms with E-state index in [0.717, 1.165) is 15.2 Å². The fraction of sp³-hybridized carbons (Fsp3) is 0.200. The van der Waals surface area contributed by atoms with Crippen molar-refractivity contribution in [1.29, 1.82) is 0 Å². The summed E-state index contributed by atoms with van der Waals surface area (Å²) >= 11 is 1.50. The molecule has 0 saturated carbocycles. The average molecular weight is 222 g/mol. The highest BCUT2D eigenvalue weighted by Crippen LogP contribution is 2.23. The van der Waals surface area contributed by atoms with Gasteiger partial charge in [0.25, 0.3) is 0 Å². The maximum Gasteiger partial charge on any atom is 0.337 e. The van der Waals surface area contributed by atoms with Crippen molar-refractivity contribution in [2.75, 3.05) is 7.11 Å². The molecular formula is C10H10N2O2S. The third kappa shape index (κ3) is 1.84. The summed E-state index contributed by atoms with van der Waals surface area (Å²) in [6.07, 6.45) is 0. The fourth-order valence-electron chi connectivity index (χ4n) is 1.30. The molecule has 4 nitrogen and oxygen atoms in total. The summed E-state index contributed by atoms with van der Waals surface area (Å²) in [4.78, 5) is 15.6. The summed E-state index contributed by atoms with van der Waals surface area (Å²) in [7, 11) is 1.37. The highest BCUT2D eigenvalue weighted by Gasteiger charge is 2.08. The Labute approximate surface area is 90.7 Å². The monoisotopic (exact) mass is 222 g/mol. The van der Waals surface area contributed by atoms with E-state index < -0.39 is 0 Å². The van der Waals surface area contributed by atoms with E-state index in [2.05, 4.69) is 9.72 Å². The highest BCUT2D eigenvalue weighted by atomic mass is 32.1. The van der Waals surface area contributed by atoms with Crippen LogP contribution in [-0.2, 0) is 11.3 Å². The Bertz CT molecular complexity index is 507. The first-order chi connectivity index (χ1) is 7.24. The zero-order valence-electron chi connectivity index (χ0n) is 8.19. The lowest BCUT2D eigenvalue weighted by molar-refractivity contribution is 0.0601. The molecule has 0 spiro atoms. The third-order valence-corrected chi connectivity index (χ3v) is 3.07. The molecular weight excluding hydrogens is 212 g/mol. The third-order valence-electron chi connectivity index (χ3n) is 2.03.